The van der Waals surface area contributed by atoms with Crippen molar-refractivity contribution in [2.24, 2.45) is 0 Å². The third kappa shape index (κ3) is 4.31. The van der Waals surface area contributed by atoms with Gasteiger partial charge in [0.15, 0.2) is 0 Å². The number of carbonyl (C=O) groups excluding carboxylic acids is 1. The summed E-state index contributed by atoms with van der Waals surface area (Å²) in [4.78, 5) is 13.8. The van der Waals surface area contributed by atoms with Gasteiger partial charge in [0.25, 0.3) is 0 Å². The summed E-state index contributed by atoms with van der Waals surface area (Å²) in [5.74, 6) is -0.0501. The van der Waals surface area contributed by atoms with Crippen LogP contribution in [-0.2, 0) is 17.8 Å². The molecule has 1 N–H and O–H groups in total. The molecule has 0 saturated carbocycles. The quantitative estimate of drug-likeness (QED) is 0.700. The number of hydrogen-bond acceptors (Lipinski definition) is 5. The number of halogens is 1. The maximum absolute atomic E-state index is 13.0. The average Bonchev–Trinajstić information content (AvgIpc) is 3.31. The molecule has 0 bridgehead atoms. The zero-order valence-corrected chi connectivity index (χ0v) is 15.5. The van der Waals surface area contributed by atoms with E-state index in [-0.39, 0.29) is 11.7 Å². The van der Waals surface area contributed by atoms with Crippen LogP contribution in [0.15, 0.2) is 48.5 Å². The van der Waals surface area contributed by atoms with Gasteiger partial charge in [-0.25, -0.2) is 4.39 Å². The Hall–Kier alpha value is -2.80. The van der Waals surface area contributed by atoms with Crippen LogP contribution >= 0.6 is 11.3 Å². The maximum Gasteiger partial charge on any atom is 0.227 e. The van der Waals surface area contributed by atoms with Crippen molar-refractivity contribution in [2.75, 3.05) is 16.8 Å². The fourth-order valence-corrected chi connectivity index (χ4v) is 3.88. The molecule has 0 unspecified atom stereocenters. The monoisotopic (exact) mass is 382 g/mol. The lowest BCUT2D eigenvalue weighted by atomic mass is 10.2. The lowest BCUT2D eigenvalue weighted by Crippen LogP contribution is -2.23. The van der Waals surface area contributed by atoms with E-state index in [4.69, 9.17) is 0 Å². The molecule has 4 rings (SSSR count). The lowest BCUT2D eigenvalue weighted by molar-refractivity contribution is -0.117. The van der Waals surface area contributed by atoms with Gasteiger partial charge in [0.1, 0.15) is 10.8 Å². The van der Waals surface area contributed by atoms with E-state index >= 15 is 0 Å². The summed E-state index contributed by atoms with van der Waals surface area (Å²) >= 11 is 1.49. The summed E-state index contributed by atoms with van der Waals surface area (Å²) in [6.45, 7) is 1.40. The Bertz CT molecular complexity index is 941. The number of carbonyl (C=O) groups is 1. The first-order valence-corrected chi connectivity index (χ1v) is 9.69. The molecule has 27 heavy (non-hydrogen) atoms. The predicted molar refractivity (Wildman–Crippen MR) is 104 cm³/mol. The second kappa shape index (κ2) is 7.84. The summed E-state index contributed by atoms with van der Waals surface area (Å²) in [5.41, 5.74) is 3.04. The number of nitrogens with one attached hydrogen (secondary N) is 1. The molecular formula is C20H19FN4OS. The van der Waals surface area contributed by atoms with Gasteiger partial charge in [0.2, 0.25) is 11.0 Å². The molecule has 138 valence electrons. The molecule has 0 spiro atoms. The van der Waals surface area contributed by atoms with Gasteiger partial charge in [-0.3, -0.25) is 4.79 Å². The Morgan fingerprint density at radius 2 is 1.96 bits per heavy atom. The van der Waals surface area contributed by atoms with Crippen LogP contribution in [0.25, 0.3) is 0 Å². The molecule has 0 radical (unpaired) electrons. The van der Waals surface area contributed by atoms with Crippen LogP contribution in [0.3, 0.4) is 0 Å². The topological polar surface area (TPSA) is 58.1 Å². The molecule has 1 saturated heterocycles. The number of anilines is 2. The van der Waals surface area contributed by atoms with Gasteiger partial charge in [0, 0.05) is 31.6 Å². The van der Waals surface area contributed by atoms with Crippen molar-refractivity contribution in [3.63, 3.8) is 0 Å². The molecule has 2 aromatic carbocycles. The van der Waals surface area contributed by atoms with Crippen molar-refractivity contribution in [1.82, 2.24) is 10.2 Å². The van der Waals surface area contributed by atoms with Crippen molar-refractivity contribution >= 4 is 28.1 Å². The van der Waals surface area contributed by atoms with Gasteiger partial charge in [0.05, 0.1) is 0 Å². The first-order chi connectivity index (χ1) is 13.2. The molecule has 5 nitrogen and oxygen atoms in total. The second-order valence-electron chi connectivity index (χ2n) is 6.48. The van der Waals surface area contributed by atoms with Crippen LogP contribution in [0, 0.1) is 5.82 Å². The average molecular weight is 382 g/mol. The molecule has 1 aliphatic rings. The van der Waals surface area contributed by atoms with E-state index in [9.17, 15) is 9.18 Å². The third-order valence-electron chi connectivity index (χ3n) is 4.47. The van der Waals surface area contributed by atoms with Gasteiger partial charge in [-0.05, 0) is 41.8 Å². The van der Waals surface area contributed by atoms with E-state index in [2.05, 4.69) is 15.5 Å². The minimum atomic E-state index is -0.240. The minimum absolute atomic E-state index is 0.190. The number of hydrogen-bond donors (Lipinski definition) is 1. The number of nitrogens with zero attached hydrogens (tertiary/aromatic N) is 3. The van der Waals surface area contributed by atoms with E-state index in [1.165, 1.54) is 23.5 Å². The summed E-state index contributed by atoms with van der Waals surface area (Å²) in [6, 6.07) is 14.4. The van der Waals surface area contributed by atoms with Gasteiger partial charge < -0.3 is 10.2 Å². The summed E-state index contributed by atoms with van der Waals surface area (Å²) < 4.78 is 13.0. The highest BCUT2D eigenvalue weighted by molar-refractivity contribution is 7.15. The summed E-state index contributed by atoms with van der Waals surface area (Å²) in [6.07, 6.45) is 2.18. The van der Waals surface area contributed by atoms with E-state index in [0.29, 0.717) is 19.4 Å². The molecule has 1 amide bonds. The number of benzene rings is 2. The Morgan fingerprint density at radius 3 is 2.74 bits per heavy atom. The van der Waals surface area contributed by atoms with Crippen LogP contribution in [0.4, 0.5) is 15.2 Å². The first kappa shape index (κ1) is 17.6. The molecule has 1 aliphatic heterocycles. The Kier molecular flexibility index (Phi) is 5.11. The van der Waals surface area contributed by atoms with Gasteiger partial charge in [-0.2, -0.15) is 0 Å². The van der Waals surface area contributed by atoms with Crippen molar-refractivity contribution in [2.45, 2.75) is 25.8 Å². The fraction of sp³-hybridized carbons (Fsp3) is 0.250. The highest BCUT2D eigenvalue weighted by Crippen LogP contribution is 2.23. The molecular weight excluding hydrogens is 363 g/mol. The van der Waals surface area contributed by atoms with Gasteiger partial charge >= 0.3 is 0 Å². The summed E-state index contributed by atoms with van der Waals surface area (Å²) in [5, 5.41) is 13.3. The van der Waals surface area contributed by atoms with E-state index in [1.54, 1.807) is 12.1 Å². The van der Waals surface area contributed by atoms with E-state index < -0.39 is 0 Å². The van der Waals surface area contributed by atoms with Crippen molar-refractivity contribution < 1.29 is 9.18 Å². The Labute approximate surface area is 160 Å². The van der Waals surface area contributed by atoms with Gasteiger partial charge in [-0.1, -0.05) is 35.6 Å². The highest BCUT2D eigenvalue weighted by atomic mass is 32.1. The lowest BCUT2D eigenvalue weighted by Gasteiger charge is -2.16. The molecule has 1 aromatic heterocycles. The van der Waals surface area contributed by atoms with Crippen molar-refractivity contribution in [3.8, 4) is 0 Å². The Balaban J connectivity index is 1.37. The molecule has 7 heteroatoms. The van der Waals surface area contributed by atoms with Crippen LogP contribution in [0.5, 0.6) is 0 Å². The van der Waals surface area contributed by atoms with E-state index in [0.717, 1.165) is 39.9 Å². The maximum atomic E-state index is 13.0. The van der Waals surface area contributed by atoms with Gasteiger partial charge in [-0.15, -0.1) is 10.2 Å². The number of amides is 1. The summed E-state index contributed by atoms with van der Waals surface area (Å²) in [7, 11) is 0. The Morgan fingerprint density at radius 1 is 1.11 bits per heavy atom. The minimum Gasteiger partial charge on any atom is -0.356 e. The first-order valence-electron chi connectivity index (χ1n) is 8.87. The number of rotatable bonds is 6. The van der Waals surface area contributed by atoms with Crippen molar-refractivity contribution in [1.29, 1.82) is 0 Å². The standard InChI is InChI=1S/C20H19FN4OS/c21-16-8-6-14(7-9-16)12-18-23-24-20(27-18)22-13-15-3-1-4-17(11-15)25-10-2-5-19(25)26/h1,3-4,6-9,11H,2,5,10,12-13H2,(H,22,24). The van der Waals surface area contributed by atoms with Crippen LogP contribution in [0.2, 0.25) is 0 Å². The molecule has 3 aromatic rings. The molecule has 1 fully saturated rings. The predicted octanol–water partition coefficient (Wildman–Crippen LogP) is 4.01. The highest BCUT2D eigenvalue weighted by Gasteiger charge is 2.21. The van der Waals surface area contributed by atoms with Crippen LogP contribution in [-0.4, -0.2) is 22.6 Å². The third-order valence-corrected chi connectivity index (χ3v) is 5.36. The smallest absolute Gasteiger partial charge is 0.227 e. The normalized spacial score (nSPS) is 14.0. The van der Waals surface area contributed by atoms with Crippen LogP contribution in [0.1, 0.15) is 29.0 Å². The number of aromatic nitrogens is 2. The SMILES string of the molecule is O=C1CCCN1c1cccc(CNc2nnc(Cc3ccc(F)cc3)s2)c1. The molecule has 0 atom stereocenters. The largest absolute Gasteiger partial charge is 0.356 e. The zero-order valence-electron chi connectivity index (χ0n) is 14.7. The zero-order chi connectivity index (χ0) is 18.6. The fourth-order valence-electron chi connectivity index (χ4n) is 3.11. The molecule has 2 heterocycles. The second-order valence-corrected chi connectivity index (χ2v) is 7.54. The van der Waals surface area contributed by atoms with E-state index in [1.807, 2.05) is 29.2 Å². The molecule has 0 aliphatic carbocycles. The van der Waals surface area contributed by atoms with Crippen LogP contribution < -0.4 is 10.2 Å². The van der Waals surface area contributed by atoms with Crippen molar-refractivity contribution in [3.05, 3.63) is 70.5 Å².